The van der Waals surface area contributed by atoms with E-state index >= 15 is 0 Å². The highest BCUT2D eigenvalue weighted by atomic mass is 35.5. The smallest absolute Gasteiger partial charge is 0.263 e. The monoisotopic (exact) mass is 456 g/mol. The molecule has 0 bridgehead atoms. The van der Waals surface area contributed by atoms with Gasteiger partial charge in [0.2, 0.25) is 0 Å². The third kappa shape index (κ3) is 4.64. The van der Waals surface area contributed by atoms with Gasteiger partial charge in [0.05, 0.1) is 9.79 Å². The molecular formula is C18H14Cl2N2O4S2. The van der Waals surface area contributed by atoms with Crippen LogP contribution in [0.4, 0.5) is 5.82 Å². The van der Waals surface area contributed by atoms with Crippen molar-refractivity contribution in [2.75, 3.05) is 11.0 Å². The SMILES string of the molecule is CS(=O)(=O)c1ccc(S(=O)(=O)Nc2ccc(-c3ccc(Cl)cc3Cl)cn2)cc1. The van der Waals surface area contributed by atoms with Crippen LogP contribution in [0.1, 0.15) is 0 Å². The van der Waals surface area contributed by atoms with Gasteiger partial charge in [-0.1, -0.05) is 29.3 Å². The minimum Gasteiger partial charge on any atom is -0.263 e. The van der Waals surface area contributed by atoms with Gasteiger partial charge in [0.1, 0.15) is 5.82 Å². The lowest BCUT2D eigenvalue weighted by molar-refractivity contribution is 0.597. The molecule has 0 saturated carbocycles. The molecular weight excluding hydrogens is 443 g/mol. The molecule has 1 heterocycles. The first-order valence-corrected chi connectivity index (χ1v) is 11.9. The number of rotatable bonds is 5. The Hall–Kier alpha value is -2.13. The molecule has 1 N–H and O–H groups in total. The zero-order valence-corrected chi connectivity index (χ0v) is 17.6. The topological polar surface area (TPSA) is 93.2 Å². The van der Waals surface area contributed by atoms with E-state index in [4.69, 9.17) is 23.2 Å². The summed E-state index contributed by atoms with van der Waals surface area (Å²) in [6.07, 6.45) is 2.53. The summed E-state index contributed by atoms with van der Waals surface area (Å²) in [5.41, 5.74) is 1.41. The molecule has 0 radical (unpaired) electrons. The summed E-state index contributed by atoms with van der Waals surface area (Å²) >= 11 is 12.1. The maximum absolute atomic E-state index is 12.5. The molecule has 0 fully saturated rings. The molecule has 0 saturated heterocycles. The zero-order chi connectivity index (χ0) is 20.5. The van der Waals surface area contributed by atoms with Gasteiger partial charge in [0.25, 0.3) is 10.0 Å². The minimum absolute atomic E-state index is 0.0359. The van der Waals surface area contributed by atoms with E-state index in [0.717, 1.165) is 6.26 Å². The molecule has 10 heteroatoms. The van der Waals surface area contributed by atoms with E-state index in [2.05, 4.69) is 9.71 Å². The van der Waals surface area contributed by atoms with Crippen LogP contribution in [0.3, 0.4) is 0 Å². The van der Waals surface area contributed by atoms with Crippen LogP contribution in [0.15, 0.2) is 70.6 Å². The summed E-state index contributed by atoms with van der Waals surface area (Å²) in [4.78, 5) is 4.07. The number of sulfonamides is 1. The van der Waals surface area contributed by atoms with Crippen molar-refractivity contribution in [3.8, 4) is 11.1 Å². The molecule has 1 aromatic heterocycles. The van der Waals surface area contributed by atoms with Crippen LogP contribution in [0.2, 0.25) is 10.0 Å². The van der Waals surface area contributed by atoms with Crippen LogP contribution in [-0.4, -0.2) is 28.1 Å². The van der Waals surface area contributed by atoms with Gasteiger partial charge in [-0.25, -0.2) is 21.8 Å². The van der Waals surface area contributed by atoms with Crippen LogP contribution < -0.4 is 4.72 Å². The summed E-state index contributed by atoms with van der Waals surface area (Å²) in [5, 5.41) is 0.960. The quantitative estimate of drug-likeness (QED) is 0.618. The third-order valence-electron chi connectivity index (χ3n) is 3.81. The Balaban J connectivity index is 1.83. The zero-order valence-electron chi connectivity index (χ0n) is 14.4. The third-order valence-corrected chi connectivity index (χ3v) is 6.85. The number of hydrogen-bond acceptors (Lipinski definition) is 5. The van der Waals surface area contributed by atoms with Crippen LogP contribution in [0.25, 0.3) is 11.1 Å². The van der Waals surface area contributed by atoms with Crippen LogP contribution in [-0.2, 0) is 19.9 Å². The summed E-state index contributed by atoms with van der Waals surface area (Å²) in [7, 11) is -7.33. The molecule has 0 aliphatic carbocycles. The molecule has 0 spiro atoms. The Morgan fingerprint density at radius 2 is 1.50 bits per heavy atom. The van der Waals surface area contributed by atoms with Crippen molar-refractivity contribution in [2.45, 2.75) is 9.79 Å². The molecule has 0 amide bonds. The van der Waals surface area contributed by atoms with Crippen LogP contribution in [0, 0.1) is 0 Å². The fourth-order valence-corrected chi connectivity index (χ4v) is 4.56. The van der Waals surface area contributed by atoms with Gasteiger partial charge in [-0.3, -0.25) is 4.72 Å². The Labute approximate surface area is 173 Å². The number of pyridine rings is 1. The standard InChI is InChI=1S/C18H14Cl2N2O4S2/c1-27(23,24)14-4-6-15(7-5-14)28(25,26)22-18-9-2-12(11-21-18)16-8-3-13(19)10-17(16)20/h2-11H,1H3,(H,21,22). The highest BCUT2D eigenvalue weighted by Gasteiger charge is 2.16. The molecule has 6 nitrogen and oxygen atoms in total. The first-order valence-electron chi connectivity index (χ1n) is 7.81. The van der Waals surface area contributed by atoms with E-state index in [0.29, 0.717) is 21.2 Å². The molecule has 3 rings (SSSR count). The predicted molar refractivity (Wildman–Crippen MR) is 110 cm³/mol. The lowest BCUT2D eigenvalue weighted by Crippen LogP contribution is -2.14. The van der Waals surface area contributed by atoms with Crippen molar-refractivity contribution in [1.82, 2.24) is 4.98 Å². The molecule has 0 unspecified atom stereocenters. The molecule has 0 aliphatic heterocycles. The highest BCUT2D eigenvalue weighted by molar-refractivity contribution is 7.92. The lowest BCUT2D eigenvalue weighted by atomic mass is 10.1. The minimum atomic E-state index is -3.92. The van der Waals surface area contributed by atoms with Crippen LogP contribution >= 0.6 is 23.2 Å². The lowest BCUT2D eigenvalue weighted by Gasteiger charge is -2.09. The molecule has 0 atom stereocenters. The molecule has 28 heavy (non-hydrogen) atoms. The number of halogens is 2. The van der Waals surface area contributed by atoms with Crippen LogP contribution in [0.5, 0.6) is 0 Å². The summed E-state index contributed by atoms with van der Waals surface area (Å²) in [6, 6.07) is 13.1. The number of nitrogens with zero attached hydrogens (tertiary/aromatic N) is 1. The summed E-state index contributed by atoms with van der Waals surface area (Å²) in [6.45, 7) is 0. The summed E-state index contributed by atoms with van der Waals surface area (Å²) in [5.74, 6) is 0.112. The Bertz CT molecular complexity index is 1230. The average Bonchev–Trinajstić information content (AvgIpc) is 2.62. The van der Waals surface area contributed by atoms with Gasteiger partial charge >= 0.3 is 0 Å². The van der Waals surface area contributed by atoms with Crippen molar-refractivity contribution in [3.05, 3.63) is 70.8 Å². The van der Waals surface area contributed by atoms with Gasteiger partial charge in [0, 0.05) is 33.6 Å². The van der Waals surface area contributed by atoms with E-state index in [1.165, 1.54) is 36.5 Å². The second-order valence-corrected chi connectivity index (χ2v) is 10.4. The number of anilines is 1. The average molecular weight is 457 g/mol. The summed E-state index contributed by atoms with van der Waals surface area (Å²) < 4.78 is 50.3. The van der Waals surface area contributed by atoms with Crippen molar-refractivity contribution in [2.24, 2.45) is 0 Å². The van der Waals surface area contributed by atoms with Crippen molar-refractivity contribution < 1.29 is 16.8 Å². The van der Waals surface area contributed by atoms with Gasteiger partial charge in [-0.15, -0.1) is 0 Å². The fourth-order valence-electron chi connectivity index (χ4n) is 2.40. The van der Waals surface area contributed by atoms with E-state index in [1.807, 2.05) is 0 Å². The molecule has 146 valence electrons. The second-order valence-electron chi connectivity index (χ2n) is 5.91. The van der Waals surface area contributed by atoms with Gasteiger partial charge in [-0.2, -0.15) is 0 Å². The van der Waals surface area contributed by atoms with Gasteiger partial charge in [-0.05, 0) is 48.5 Å². The van der Waals surface area contributed by atoms with Gasteiger partial charge < -0.3 is 0 Å². The van der Waals surface area contributed by atoms with E-state index < -0.39 is 19.9 Å². The predicted octanol–water partition coefficient (Wildman–Crippen LogP) is 4.26. The van der Waals surface area contributed by atoms with E-state index in [1.54, 1.807) is 24.3 Å². The first-order chi connectivity index (χ1) is 13.1. The van der Waals surface area contributed by atoms with E-state index in [-0.39, 0.29) is 15.6 Å². The Morgan fingerprint density at radius 3 is 2.04 bits per heavy atom. The Morgan fingerprint density at radius 1 is 0.857 bits per heavy atom. The molecule has 3 aromatic rings. The number of benzene rings is 2. The highest BCUT2D eigenvalue weighted by Crippen LogP contribution is 2.30. The van der Waals surface area contributed by atoms with Crippen molar-refractivity contribution in [3.63, 3.8) is 0 Å². The second kappa shape index (κ2) is 7.71. The normalized spacial score (nSPS) is 12.0. The van der Waals surface area contributed by atoms with Gasteiger partial charge in [0.15, 0.2) is 9.84 Å². The molecule has 0 aliphatic rings. The van der Waals surface area contributed by atoms with Crippen molar-refractivity contribution >= 4 is 48.9 Å². The number of sulfone groups is 1. The van der Waals surface area contributed by atoms with E-state index in [9.17, 15) is 16.8 Å². The fraction of sp³-hybridized carbons (Fsp3) is 0.0556. The number of hydrogen-bond donors (Lipinski definition) is 1. The Kier molecular flexibility index (Phi) is 5.67. The largest absolute Gasteiger partial charge is 0.263 e. The maximum Gasteiger partial charge on any atom is 0.263 e. The maximum atomic E-state index is 12.5. The number of nitrogens with one attached hydrogen (secondary N) is 1. The molecule has 2 aromatic carbocycles. The number of aromatic nitrogens is 1. The van der Waals surface area contributed by atoms with Crippen molar-refractivity contribution in [1.29, 1.82) is 0 Å². The first kappa shape index (κ1) is 20.6.